The van der Waals surface area contributed by atoms with Gasteiger partial charge in [-0.1, -0.05) is 12.1 Å². The summed E-state index contributed by atoms with van der Waals surface area (Å²) in [5, 5.41) is 0. The van der Waals surface area contributed by atoms with E-state index in [0.29, 0.717) is 0 Å². The molecular formula is C12H16N4. The number of imidazole rings is 1. The lowest BCUT2D eigenvalue weighted by Gasteiger charge is -2.13. The first-order valence-corrected chi connectivity index (χ1v) is 5.20. The van der Waals surface area contributed by atoms with Gasteiger partial charge in [0.05, 0.1) is 17.9 Å². The highest BCUT2D eigenvalue weighted by Gasteiger charge is 2.07. The fraction of sp³-hybridized carbons (Fsp3) is 0.250. The summed E-state index contributed by atoms with van der Waals surface area (Å²) in [6.07, 6.45) is 3.73. The van der Waals surface area contributed by atoms with Gasteiger partial charge in [-0.15, -0.1) is 0 Å². The van der Waals surface area contributed by atoms with E-state index in [-0.39, 0.29) is 0 Å². The number of anilines is 1. The lowest BCUT2D eigenvalue weighted by Crippen LogP contribution is -2.15. The number of nitrogen functional groups attached to an aromatic ring is 1. The maximum atomic E-state index is 5.95. The molecule has 0 spiro atoms. The predicted molar refractivity (Wildman–Crippen MR) is 65.4 cm³/mol. The van der Waals surface area contributed by atoms with Gasteiger partial charge in [0.2, 0.25) is 0 Å². The zero-order chi connectivity index (χ0) is 11.5. The summed E-state index contributed by atoms with van der Waals surface area (Å²) in [6, 6.07) is 7.80. The van der Waals surface area contributed by atoms with Crippen molar-refractivity contribution in [2.75, 3.05) is 19.8 Å². The van der Waals surface area contributed by atoms with Crippen LogP contribution in [0.3, 0.4) is 0 Å². The Kier molecular flexibility index (Phi) is 2.92. The number of hydrogen-bond donors (Lipinski definition) is 1. The number of rotatable bonds is 3. The molecule has 0 amide bonds. The van der Waals surface area contributed by atoms with Crippen molar-refractivity contribution in [2.24, 2.45) is 0 Å². The van der Waals surface area contributed by atoms with Crippen LogP contribution in [-0.4, -0.2) is 28.5 Å². The summed E-state index contributed by atoms with van der Waals surface area (Å²) in [5.41, 5.74) is 7.70. The molecule has 1 aromatic carbocycles. The Morgan fingerprint density at radius 1 is 1.31 bits per heavy atom. The first kappa shape index (κ1) is 10.7. The van der Waals surface area contributed by atoms with Crippen LogP contribution in [0.1, 0.15) is 5.82 Å². The smallest absolute Gasteiger partial charge is 0.127 e. The average molecular weight is 216 g/mol. The van der Waals surface area contributed by atoms with E-state index in [1.54, 1.807) is 6.20 Å². The van der Waals surface area contributed by atoms with Crippen LogP contribution in [0.2, 0.25) is 0 Å². The maximum absolute atomic E-state index is 5.95. The average Bonchev–Trinajstić information content (AvgIpc) is 2.66. The van der Waals surface area contributed by atoms with Crippen LogP contribution < -0.4 is 5.73 Å². The molecule has 1 aromatic heterocycles. The van der Waals surface area contributed by atoms with Crippen molar-refractivity contribution in [1.29, 1.82) is 0 Å². The number of aromatic nitrogens is 2. The summed E-state index contributed by atoms with van der Waals surface area (Å²) in [7, 11) is 4.04. The molecule has 16 heavy (non-hydrogen) atoms. The molecule has 2 N–H and O–H groups in total. The molecule has 0 saturated carbocycles. The van der Waals surface area contributed by atoms with E-state index in [0.717, 1.165) is 23.7 Å². The second-order valence-corrected chi connectivity index (χ2v) is 4.01. The Bertz CT molecular complexity index is 473. The van der Waals surface area contributed by atoms with Crippen LogP contribution in [0, 0.1) is 0 Å². The van der Waals surface area contributed by atoms with Gasteiger partial charge in [-0.05, 0) is 26.2 Å². The van der Waals surface area contributed by atoms with Gasteiger partial charge in [0, 0.05) is 12.4 Å². The van der Waals surface area contributed by atoms with Crippen LogP contribution in [-0.2, 0) is 6.54 Å². The number of para-hydroxylation sites is 2. The zero-order valence-corrected chi connectivity index (χ0v) is 9.59. The van der Waals surface area contributed by atoms with Gasteiger partial charge in [0.1, 0.15) is 5.82 Å². The highest BCUT2D eigenvalue weighted by molar-refractivity contribution is 5.57. The van der Waals surface area contributed by atoms with Crippen LogP contribution in [0.5, 0.6) is 0 Å². The van der Waals surface area contributed by atoms with Gasteiger partial charge < -0.3 is 15.2 Å². The highest BCUT2D eigenvalue weighted by Crippen LogP contribution is 2.18. The Balaban J connectivity index is 2.41. The fourth-order valence-corrected chi connectivity index (χ4v) is 1.66. The van der Waals surface area contributed by atoms with Crippen LogP contribution in [0.4, 0.5) is 5.69 Å². The molecule has 4 heteroatoms. The first-order chi connectivity index (χ1) is 7.68. The Morgan fingerprint density at radius 2 is 2.06 bits per heavy atom. The van der Waals surface area contributed by atoms with Gasteiger partial charge >= 0.3 is 0 Å². The van der Waals surface area contributed by atoms with E-state index in [2.05, 4.69) is 9.88 Å². The summed E-state index contributed by atoms with van der Waals surface area (Å²) in [6.45, 7) is 0.793. The molecule has 0 radical (unpaired) electrons. The molecule has 1 heterocycles. The van der Waals surface area contributed by atoms with Gasteiger partial charge in [-0.25, -0.2) is 4.98 Å². The van der Waals surface area contributed by atoms with Gasteiger partial charge in [0.15, 0.2) is 0 Å². The SMILES string of the molecule is CN(C)Cc1nccn1-c1ccccc1N. The largest absolute Gasteiger partial charge is 0.397 e. The third-order valence-corrected chi connectivity index (χ3v) is 2.37. The van der Waals surface area contributed by atoms with E-state index in [4.69, 9.17) is 5.73 Å². The summed E-state index contributed by atoms with van der Waals surface area (Å²) in [5.74, 6) is 0.989. The number of benzene rings is 1. The van der Waals surface area contributed by atoms with Gasteiger partial charge in [-0.2, -0.15) is 0 Å². The molecule has 0 aliphatic heterocycles. The number of nitrogens with two attached hydrogens (primary N) is 1. The zero-order valence-electron chi connectivity index (χ0n) is 9.59. The topological polar surface area (TPSA) is 47.1 Å². The quantitative estimate of drug-likeness (QED) is 0.791. The van der Waals surface area contributed by atoms with Crippen molar-refractivity contribution in [3.63, 3.8) is 0 Å². The van der Waals surface area contributed by atoms with Gasteiger partial charge in [-0.3, -0.25) is 0 Å². The monoisotopic (exact) mass is 216 g/mol. The Labute approximate surface area is 95.3 Å². The van der Waals surface area contributed by atoms with Crippen molar-refractivity contribution in [3.8, 4) is 5.69 Å². The minimum absolute atomic E-state index is 0.764. The Hall–Kier alpha value is -1.81. The molecular weight excluding hydrogens is 200 g/mol. The standard InChI is InChI=1S/C12H16N4/c1-15(2)9-12-14-7-8-16(12)11-6-4-3-5-10(11)13/h3-8H,9,13H2,1-2H3. The summed E-state index contributed by atoms with van der Waals surface area (Å²) in [4.78, 5) is 6.42. The molecule has 84 valence electrons. The van der Waals surface area contributed by atoms with E-state index < -0.39 is 0 Å². The Morgan fingerprint density at radius 3 is 2.75 bits per heavy atom. The van der Waals surface area contributed by atoms with Crippen molar-refractivity contribution in [1.82, 2.24) is 14.5 Å². The second kappa shape index (κ2) is 4.37. The van der Waals surface area contributed by atoms with E-state index in [1.165, 1.54) is 0 Å². The van der Waals surface area contributed by atoms with Crippen LogP contribution in [0.25, 0.3) is 5.69 Å². The molecule has 2 aromatic rings. The number of hydrogen-bond acceptors (Lipinski definition) is 3. The van der Waals surface area contributed by atoms with E-state index >= 15 is 0 Å². The third-order valence-electron chi connectivity index (χ3n) is 2.37. The van der Waals surface area contributed by atoms with Crippen molar-refractivity contribution >= 4 is 5.69 Å². The molecule has 0 aliphatic rings. The second-order valence-electron chi connectivity index (χ2n) is 4.01. The van der Waals surface area contributed by atoms with Crippen LogP contribution >= 0.6 is 0 Å². The third kappa shape index (κ3) is 2.06. The fourth-order valence-electron chi connectivity index (χ4n) is 1.66. The summed E-state index contributed by atoms with van der Waals surface area (Å²) < 4.78 is 2.02. The normalized spacial score (nSPS) is 10.9. The number of nitrogens with zero attached hydrogens (tertiary/aromatic N) is 3. The van der Waals surface area contributed by atoms with E-state index in [9.17, 15) is 0 Å². The minimum Gasteiger partial charge on any atom is -0.397 e. The first-order valence-electron chi connectivity index (χ1n) is 5.20. The lowest BCUT2D eigenvalue weighted by molar-refractivity contribution is 0.388. The van der Waals surface area contributed by atoms with Gasteiger partial charge in [0.25, 0.3) is 0 Å². The predicted octanol–water partition coefficient (Wildman–Crippen LogP) is 1.52. The molecule has 4 nitrogen and oxygen atoms in total. The highest BCUT2D eigenvalue weighted by atomic mass is 15.1. The summed E-state index contributed by atoms with van der Waals surface area (Å²) >= 11 is 0. The molecule has 0 fully saturated rings. The molecule has 0 atom stereocenters. The lowest BCUT2D eigenvalue weighted by atomic mass is 10.2. The van der Waals surface area contributed by atoms with Crippen molar-refractivity contribution in [2.45, 2.75) is 6.54 Å². The van der Waals surface area contributed by atoms with Crippen LogP contribution in [0.15, 0.2) is 36.7 Å². The maximum Gasteiger partial charge on any atom is 0.127 e. The molecule has 0 saturated heterocycles. The minimum atomic E-state index is 0.764. The molecule has 0 aliphatic carbocycles. The van der Waals surface area contributed by atoms with Crippen molar-refractivity contribution < 1.29 is 0 Å². The molecule has 0 unspecified atom stereocenters. The van der Waals surface area contributed by atoms with E-state index in [1.807, 2.05) is 49.1 Å². The molecule has 2 rings (SSSR count). The molecule has 0 bridgehead atoms. The van der Waals surface area contributed by atoms with Crippen molar-refractivity contribution in [3.05, 3.63) is 42.5 Å².